The number of nitro benzene ring substituents is 1. The zero-order valence-electron chi connectivity index (χ0n) is 12.9. The summed E-state index contributed by atoms with van der Waals surface area (Å²) in [7, 11) is -3.71. The molecule has 2 aromatic rings. The molecule has 0 heterocycles. The number of benzene rings is 2. The van der Waals surface area contributed by atoms with E-state index in [1.807, 2.05) is 0 Å². The van der Waals surface area contributed by atoms with E-state index in [4.69, 9.17) is 33.2 Å². The van der Waals surface area contributed by atoms with Crippen LogP contribution in [-0.4, -0.2) is 16.9 Å². The van der Waals surface area contributed by atoms with E-state index in [2.05, 4.69) is 5.09 Å². The summed E-state index contributed by atoms with van der Waals surface area (Å²) < 4.78 is 17.9. The summed E-state index contributed by atoms with van der Waals surface area (Å²) in [5.74, 6) is -0.0667. The lowest BCUT2D eigenvalue weighted by atomic mass is 10.1. The van der Waals surface area contributed by atoms with Crippen LogP contribution in [0.3, 0.4) is 0 Å². The predicted molar refractivity (Wildman–Crippen MR) is 99.1 cm³/mol. The van der Waals surface area contributed by atoms with Crippen LogP contribution in [0.2, 0.25) is 0 Å². The van der Waals surface area contributed by atoms with Gasteiger partial charge in [0.15, 0.2) is 0 Å². The zero-order valence-corrected chi connectivity index (χ0v) is 15.3. The quantitative estimate of drug-likeness (QED) is 0.286. The van der Waals surface area contributed by atoms with E-state index in [9.17, 15) is 14.7 Å². The van der Waals surface area contributed by atoms with Crippen LogP contribution in [0.5, 0.6) is 0 Å². The number of halogens is 2. The van der Waals surface area contributed by atoms with Crippen molar-refractivity contribution in [3.63, 3.8) is 0 Å². The summed E-state index contributed by atoms with van der Waals surface area (Å²) >= 11 is 12.2. The lowest BCUT2D eigenvalue weighted by Crippen LogP contribution is -2.23. The molecule has 25 heavy (non-hydrogen) atoms. The van der Waals surface area contributed by atoms with E-state index in [0.717, 1.165) is 0 Å². The predicted octanol–water partition coefficient (Wildman–Crippen LogP) is 4.68. The van der Waals surface area contributed by atoms with Gasteiger partial charge in [0.2, 0.25) is 0 Å². The first-order valence-electron chi connectivity index (χ1n) is 7.17. The van der Waals surface area contributed by atoms with Gasteiger partial charge in [0.25, 0.3) is 5.69 Å². The molecule has 7 nitrogen and oxygen atoms in total. The number of hydrogen-bond donors (Lipinski definition) is 2. The van der Waals surface area contributed by atoms with Crippen molar-refractivity contribution in [2.24, 2.45) is 5.50 Å². The molecule has 2 rings (SSSR count). The number of para-hydroxylation sites is 1. The third-order valence-electron chi connectivity index (χ3n) is 3.25. The van der Waals surface area contributed by atoms with Gasteiger partial charge >= 0.3 is 7.67 Å². The van der Waals surface area contributed by atoms with Gasteiger partial charge in [-0.2, -0.15) is 0 Å². The molecule has 0 radical (unpaired) electrons. The first-order chi connectivity index (χ1) is 11.8. The number of nitrogens with one attached hydrogen (secondary N) is 1. The molecule has 0 aromatic heterocycles. The molecule has 0 amide bonds. The zero-order chi connectivity index (χ0) is 18.4. The Kier molecular flexibility index (Phi) is 6.81. The summed E-state index contributed by atoms with van der Waals surface area (Å²) in [6, 6.07) is 14.3. The fraction of sp³-hybridized carbons (Fsp3) is 0.200. The molecule has 0 saturated heterocycles. The van der Waals surface area contributed by atoms with Crippen molar-refractivity contribution < 1.29 is 14.0 Å². The summed E-state index contributed by atoms with van der Waals surface area (Å²) in [5, 5.41) is 12.5. The Bertz CT molecular complexity index is 761. The van der Waals surface area contributed by atoms with Crippen LogP contribution in [-0.2, 0) is 9.09 Å². The molecule has 0 fully saturated rings. The molecular formula is C15H16Cl2N3O4P. The van der Waals surface area contributed by atoms with Gasteiger partial charge in [0.05, 0.1) is 16.2 Å². The van der Waals surface area contributed by atoms with Crippen molar-refractivity contribution in [2.45, 2.75) is 11.5 Å². The minimum Gasteiger partial charge on any atom is -0.303 e. The van der Waals surface area contributed by atoms with Gasteiger partial charge in [-0.1, -0.05) is 30.3 Å². The molecule has 3 N–H and O–H groups in total. The maximum absolute atomic E-state index is 12.5. The van der Waals surface area contributed by atoms with E-state index in [0.29, 0.717) is 11.3 Å². The Morgan fingerprint density at radius 3 is 2.32 bits per heavy atom. The Morgan fingerprint density at radius 2 is 1.80 bits per heavy atom. The van der Waals surface area contributed by atoms with Crippen molar-refractivity contribution in [3.05, 3.63) is 70.3 Å². The van der Waals surface area contributed by atoms with Gasteiger partial charge in [-0.3, -0.25) is 14.6 Å². The normalized spacial score (nSPS) is 15.8. The lowest BCUT2D eigenvalue weighted by Gasteiger charge is -2.25. The monoisotopic (exact) mass is 403 g/mol. The minimum absolute atomic E-state index is 0.0637. The second-order valence-electron chi connectivity index (χ2n) is 5.12. The maximum atomic E-state index is 12.5. The molecule has 0 aliphatic rings. The fourth-order valence-corrected chi connectivity index (χ4v) is 4.01. The first kappa shape index (κ1) is 19.7. The van der Waals surface area contributed by atoms with Gasteiger partial charge in [-0.25, -0.2) is 10.1 Å². The minimum atomic E-state index is -3.71. The highest BCUT2D eigenvalue weighted by Gasteiger charge is 2.29. The summed E-state index contributed by atoms with van der Waals surface area (Å²) in [5.41, 5.74) is 6.73. The molecule has 0 saturated carbocycles. The highest BCUT2D eigenvalue weighted by molar-refractivity contribution is 7.58. The van der Waals surface area contributed by atoms with Crippen LogP contribution in [0.25, 0.3) is 0 Å². The molecule has 3 atom stereocenters. The number of rotatable bonds is 8. The molecule has 0 bridgehead atoms. The van der Waals surface area contributed by atoms with E-state index < -0.39 is 24.1 Å². The van der Waals surface area contributed by atoms with Gasteiger partial charge in [-0.05, 0) is 17.7 Å². The van der Waals surface area contributed by atoms with E-state index in [1.54, 1.807) is 30.3 Å². The van der Waals surface area contributed by atoms with E-state index >= 15 is 0 Å². The number of alkyl halides is 2. The number of nitrogens with two attached hydrogens (primary N) is 1. The van der Waals surface area contributed by atoms with Crippen LogP contribution >= 0.6 is 30.9 Å². The summed E-state index contributed by atoms with van der Waals surface area (Å²) in [6.45, 7) is 0. The highest BCUT2D eigenvalue weighted by Crippen LogP contribution is 2.43. The van der Waals surface area contributed by atoms with Crippen LogP contribution < -0.4 is 10.6 Å². The van der Waals surface area contributed by atoms with E-state index in [1.165, 1.54) is 24.3 Å². The molecule has 134 valence electrons. The molecule has 3 unspecified atom stereocenters. The third kappa shape index (κ3) is 5.70. The molecule has 2 aromatic carbocycles. The number of hydrogen-bond acceptors (Lipinski definition) is 4. The van der Waals surface area contributed by atoms with Gasteiger partial charge in [0, 0.05) is 17.8 Å². The smallest absolute Gasteiger partial charge is 0.303 e. The second-order valence-corrected chi connectivity index (χ2v) is 7.53. The van der Waals surface area contributed by atoms with Gasteiger partial charge < -0.3 is 5.09 Å². The average molecular weight is 404 g/mol. The summed E-state index contributed by atoms with van der Waals surface area (Å²) in [4.78, 5) is 10.2. The highest BCUT2D eigenvalue weighted by atomic mass is 35.5. The molecule has 0 spiro atoms. The standard InChI is InChI=1S/C15H16Cl2N3O4P/c16-10-14(15(17)11-6-8-13(9-7-11)20(21)22)24-25(18,23)19-12-4-2-1-3-5-12/h1-9,14-15H,10H2,(H3,18,19,23). The van der Waals surface area contributed by atoms with Crippen LogP contribution in [0.1, 0.15) is 10.9 Å². The van der Waals surface area contributed by atoms with Crippen molar-refractivity contribution in [3.8, 4) is 0 Å². The first-order valence-corrected chi connectivity index (χ1v) is 9.83. The van der Waals surface area contributed by atoms with Gasteiger partial charge in [0.1, 0.15) is 6.10 Å². The van der Waals surface area contributed by atoms with Crippen molar-refractivity contribution in [1.29, 1.82) is 0 Å². The Balaban J connectivity index is 2.09. The number of anilines is 1. The third-order valence-corrected chi connectivity index (χ3v) is 5.24. The fourth-order valence-electron chi connectivity index (χ4n) is 2.07. The largest absolute Gasteiger partial charge is 0.363 e. The van der Waals surface area contributed by atoms with Crippen LogP contribution in [0.15, 0.2) is 54.6 Å². The van der Waals surface area contributed by atoms with Gasteiger partial charge in [-0.15, -0.1) is 23.2 Å². The average Bonchev–Trinajstić information content (AvgIpc) is 2.59. The molecule has 0 aliphatic heterocycles. The number of nitro groups is 1. The van der Waals surface area contributed by atoms with Crippen molar-refractivity contribution in [2.75, 3.05) is 11.0 Å². The Morgan fingerprint density at radius 1 is 1.20 bits per heavy atom. The maximum Gasteiger partial charge on any atom is 0.363 e. The molecular weight excluding hydrogens is 388 g/mol. The Labute approximate surface area is 154 Å². The number of nitrogens with zero attached hydrogens (tertiary/aromatic N) is 1. The van der Waals surface area contributed by atoms with Crippen LogP contribution in [0.4, 0.5) is 11.4 Å². The number of non-ortho nitro benzene ring substituents is 1. The SMILES string of the molecule is NP(=O)(Nc1ccccc1)OC(CCl)C(Cl)c1ccc([N+](=O)[O-])cc1. The topological polar surface area (TPSA) is 107 Å². The van der Waals surface area contributed by atoms with Crippen LogP contribution in [0, 0.1) is 10.1 Å². The Hall–Kier alpha value is -1.63. The van der Waals surface area contributed by atoms with Crippen molar-refractivity contribution >= 4 is 42.2 Å². The van der Waals surface area contributed by atoms with Crippen molar-refractivity contribution in [1.82, 2.24) is 0 Å². The van der Waals surface area contributed by atoms with E-state index in [-0.39, 0.29) is 11.6 Å². The second kappa shape index (κ2) is 8.65. The molecule has 0 aliphatic carbocycles. The molecule has 10 heteroatoms. The lowest BCUT2D eigenvalue weighted by molar-refractivity contribution is -0.384. The summed E-state index contributed by atoms with van der Waals surface area (Å²) in [6.07, 6.45) is -0.864.